The van der Waals surface area contributed by atoms with Crippen LogP contribution in [0.15, 0.2) is 5.38 Å². The first-order valence-corrected chi connectivity index (χ1v) is 7.21. The van der Waals surface area contributed by atoms with Crippen LogP contribution in [-0.4, -0.2) is 28.6 Å². The van der Waals surface area contributed by atoms with E-state index < -0.39 is 0 Å². The summed E-state index contributed by atoms with van der Waals surface area (Å²) in [5.74, 6) is 1.81. The van der Waals surface area contributed by atoms with Gasteiger partial charge in [0.1, 0.15) is 0 Å². The second kappa shape index (κ2) is 3.58. The lowest BCUT2D eigenvalue weighted by atomic mass is 10.2. The van der Waals surface area contributed by atoms with Gasteiger partial charge in [-0.15, -0.1) is 22.9 Å². The Morgan fingerprint density at radius 1 is 1.64 bits per heavy atom. The molecule has 0 radical (unpaired) electrons. The number of fused-ring (bicyclic) bond motifs is 2. The highest BCUT2D eigenvalue weighted by molar-refractivity contribution is 8.00. The molecule has 2 atom stereocenters. The summed E-state index contributed by atoms with van der Waals surface area (Å²) in [5.41, 5.74) is 1.02. The van der Waals surface area contributed by atoms with Crippen molar-refractivity contribution in [3.63, 3.8) is 0 Å². The zero-order valence-electron chi connectivity index (χ0n) is 7.65. The summed E-state index contributed by atoms with van der Waals surface area (Å²) in [6, 6.07) is 0.735. The standard InChI is InChI=1S/C9H11ClN2S2/c10-2-6-4-14-9(11-6)12-3-8-1-7(12)5-13-8/h4,7-8H,1-3,5H2. The van der Waals surface area contributed by atoms with Gasteiger partial charge in [-0.25, -0.2) is 4.98 Å². The first-order valence-electron chi connectivity index (χ1n) is 4.75. The van der Waals surface area contributed by atoms with Gasteiger partial charge in [0.25, 0.3) is 0 Å². The average molecular weight is 247 g/mol. The predicted molar refractivity (Wildman–Crippen MR) is 63.7 cm³/mol. The minimum absolute atomic E-state index is 0.535. The van der Waals surface area contributed by atoms with E-state index in [1.54, 1.807) is 11.3 Å². The zero-order valence-corrected chi connectivity index (χ0v) is 10.0. The summed E-state index contributed by atoms with van der Waals surface area (Å²) < 4.78 is 0. The second-order valence-electron chi connectivity index (χ2n) is 3.75. The third-order valence-corrected chi connectivity index (χ3v) is 5.41. The Kier molecular flexibility index (Phi) is 2.38. The molecule has 2 aliphatic rings. The second-order valence-corrected chi connectivity index (χ2v) is 6.19. The van der Waals surface area contributed by atoms with Gasteiger partial charge in [0, 0.05) is 29.0 Å². The maximum Gasteiger partial charge on any atom is 0.185 e. The number of halogens is 1. The van der Waals surface area contributed by atoms with Gasteiger partial charge >= 0.3 is 0 Å². The summed E-state index contributed by atoms with van der Waals surface area (Å²) >= 11 is 9.59. The molecule has 1 aromatic heterocycles. The lowest BCUT2D eigenvalue weighted by molar-refractivity contribution is 0.759. The first kappa shape index (κ1) is 9.31. The molecule has 76 valence electrons. The molecule has 0 N–H and O–H groups in total. The summed E-state index contributed by atoms with van der Waals surface area (Å²) in [5, 5.41) is 4.10. The molecular formula is C9H11ClN2S2. The van der Waals surface area contributed by atoms with E-state index >= 15 is 0 Å². The van der Waals surface area contributed by atoms with E-state index in [9.17, 15) is 0 Å². The van der Waals surface area contributed by atoms with E-state index in [2.05, 4.69) is 27.0 Å². The number of hydrogen-bond donors (Lipinski definition) is 0. The number of aromatic nitrogens is 1. The molecule has 0 aliphatic carbocycles. The molecule has 2 bridgehead atoms. The fraction of sp³-hybridized carbons (Fsp3) is 0.667. The maximum absolute atomic E-state index is 5.75. The lowest BCUT2D eigenvalue weighted by Crippen LogP contribution is -2.33. The van der Waals surface area contributed by atoms with E-state index in [0.717, 1.165) is 17.0 Å². The van der Waals surface area contributed by atoms with Crippen molar-refractivity contribution in [2.75, 3.05) is 17.2 Å². The number of rotatable bonds is 2. The molecule has 0 spiro atoms. The summed E-state index contributed by atoms with van der Waals surface area (Å²) in [6.07, 6.45) is 1.35. The monoisotopic (exact) mass is 246 g/mol. The molecule has 2 nitrogen and oxygen atoms in total. The molecule has 1 aromatic rings. The van der Waals surface area contributed by atoms with Crippen molar-refractivity contribution in [2.45, 2.75) is 23.6 Å². The number of thiazole rings is 1. The van der Waals surface area contributed by atoms with Gasteiger partial charge in [0.2, 0.25) is 0 Å². The van der Waals surface area contributed by atoms with Gasteiger partial charge in [-0.1, -0.05) is 0 Å². The maximum atomic E-state index is 5.75. The quantitative estimate of drug-likeness (QED) is 0.747. The van der Waals surface area contributed by atoms with E-state index in [1.807, 2.05) is 0 Å². The van der Waals surface area contributed by atoms with E-state index in [1.165, 1.54) is 23.8 Å². The Morgan fingerprint density at radius 3 is 3.14 bits per heavy atom. The van der Waals surface area contributed by atoms with Crippen LogP contribution in [0, 0.1) is 0 Å². The van der Waals surface area contributed by atoms with Crippen LogP contribution in [0.4, 0.5) is 5.13 Å². The van der Waals surface area contributed by atoms with Crippen molar-refractivity contribution in [3.05, 3.63) is 11.1 Å². The molecule has 0 aromatic carbocycles. The summed E-state index contributed by atoms with van der Waals surface area (Å²) in [4.78, 5) is 6.99. The lowest BCUT2D eigenvalue weighted by Gasteiger charge is -2.25. The molecule has 3 rings (SSSR count). The Balaban J connectivity index is 1.82. The Bertz CT molecular complexity index is 341. The van der Waals surface area contributed by atoms with Crippen LogP contribution >= 0.6 is 34.7 Å². The Hall–Kier alpha value is 0.0700. The third-order valence-electron chi connectivity index (χ3n) is 2.82. The van der Waals surface area contributed by atoms with Crippen molar-refractivity contribution in [3.8, 4) is 0 Å². The van der Waals surface area contributed by atoms with Crippen molar-refractivity contribution in [2.24, 2.45) is 0 Å². The normalized spacial score (nSPS) is 30.2. The molecule has 5 heteroatoms. The largest absolute Gasteiger partial charge is 0.343 e. The van der Waals surface area contributed by atoms with Crippen LogP contribution in [0.2, 0.25) is 0 Å². The summed E-state index contributed by atoms with van der Waals surface area (Å²) in [6.45, 7) is 1.19. The van der Waals surface area contributed by atoms with Crippen molar-refractivity contribution in [1.29, 1.82) is 0 Å². The van der Waals surface area contributed by atoms with Crippen molar-refractivity contribution >= 4 is 39.8 Å². The minimum Gasteiger partial charge on any atom is -0.343 e. The van der Waals surface area contributed by atoms with Crippen LogP contribution in [0.25, 0.3) is 0 Å². The first-order chi connectivity index (χ1) is 6.86. The minimum atomic E-state index is 0.535. The van der Waals surface area contributed by atoms with Gasteiger partial charge in [-0.3, -0.25) is 0 Å². The fourth-order valence-corrected chi connectivity index (χ4v) is 4.69. The van der Waals surface area contributed by atoms with Crippen LogP contribution in [0.3, 0.4) is 0 Å². The van der Waals surface area contributed by atoms with Gasteiger partial charge in [-0.2, -0.15) is 11.8 Å². The third kappa shape index (κ3) is 1.44. The molecule has 14 heavy (non-hydrogen) atoms. The smallest absolute Gasteiger partial charge is 0.185 e. The van der Waals surface area contributed by atoms with E-state index in [0.29, 0.717) is 5.88 Å². The van der Waals surface area contributed by atoms with Crippen LogP contribution in [0.5, 0.6) is 0 Å². The number of thioether (sulfide) groups is 1. The highest BCUT2D eigenvalue weighted by atomic mass is 35.5. The molecule has 2 fully saturated rings. The van der Waals surface area contributed by atoms with Gasteiger partial charge in [0.15, 0.2) is 5.13 Å². The molecule has 2 unspecified atom stereocenters. The molecule has 3 heterocycles. The topological polar surface area (TPSA) is 16.1 Å². The van der Waals surface area contributed by atoms with Crippen molar-refractivity contribution in [1.82, 2.24) is 4.98 Å². The Labute approximate surface area is 96.7 Å². The van der Waals surface area contributed by atoms with Crippen molar-refractivity contribution < 1.29 is 0 Å². The van der Waals surface area contributed by atoms with E-state index in [4.69, 9.17) is 11.6 Å². The summed E-state index contributed by atoms with van der Waals surface area (Å²) in [7, 11) is 0. The van der Waals surface area contributed by atoms with E-state index in [-0.39, 0.29) is 0 Å². The Morgan fingerprint density at radius 2 is 2.57 bits per heavy atom. The SMILES string of the molecule is ClCc1csc(N2CC3CC2CS3)n1. The number of alkyl halides is 1. The predicted octanol–water partition coefficient (Wildman–Crippen LogP) is 2.58. The number of nitrogens with zero attached hydrogens (tertiary/aromatic N) is 2. The molecule has 2 aliphatic heterocycles. The molecule has 0 saturated carbocycles. The fourth-order valence-electron chi connectivity index (χ4n) is 2.12. The molecule has 0 amide bonds. The average Bonchev–Trinajstić information content (AvgIpc) is 2.93. The van der Waals surface area contributed by atoms with Crippen LogP contribution in [-0.2, 0) is 5.88 Å². The number of hydrogen-bond acceptors (Lipinski definition) is 4. The number of anilines is 1. The van der Waals surface area contributed by atoms with Gasteiger partial charge < -0.3 is 4.90 Å². The highest BCUT2D eigenvalue weighted by Gasteiger charge is 2.39. The molecular weight excluding hydrogens is 236 g/mol. The zero-order chi connectivity index (χ0) is 9.54. The van der Waals surface area contributed by atoms with Crippen LogP contribution in [0.1, 0.15) is 12.1 Å². The van der Waals surface area contributed by atoms with Gasteiger partial charge in [-0.05, 0) is 6.42 Å². The highest BCUT2D eigenvalue weighted by Crippen LogP contribution is 2.40. The van der Waals surface area contributed by atoms with Crippen LogP contribution < -0.4 is 4.90 Å². The molecule has 2 saturated heterocycles. The van der Waals surface area contributed by atoms with Gasteiger partial charge in [0.05, 0.1) is 11.6 Å².